The highest BCUT2D eigenvalue weighted by Crippen LogP contribution is 2.36. The molecule has 0 bridgehead atoms. The SMILES string of the molecule is COc1cccc(OC)c1C(=O)C1CCC(CN)CC1. The molecule has 1 aromatic rings. The highest BCUT2D eigenvalue weighted by Gasteiger charge is 2.30. The van der Waals surface area contributed by atoms with Crippen LogP contribution in [0.1, 0.15) is 36.0 Å². The summed E-state index contributed by atoms with van der Waals surface area (Å²) >= 11 is 0. The van der Waals surface area contributed by atoms with E-state index in [2.05, 4.69) is 0 Å². The molecule has 0 unspecified atom stereocenters. The summed E-state index contributed by atoms with van der Waals surface area (Å²) in [4.78, 5) is 12.8. The molecule has 0 heterocycles. The molecule has 0 radical (unpaired) electrons. The molecule has 1 fully saturated rings. The number of rotatable bonds is 5. The van der Waals surface area contributed by atoms with Crippen LogP contribution in [0.5, 0.6) is 11.5 Å². The summed E-state index contributed by atoms with van der Waals surface area (Å²) in [7, 11) is 3.16. The lowest BCUT2D eigenvalue weighted by Gasteiger charge is -2.27. The summed E-state index contributed by atoms with van der Waals surface area (Å²) < 4.78 is 10.6. The number of carbonyl (C=O) groups is 1. The van der Waals surface area contributed by atoms with Gasteiger partial charge in [0, 0.05) is 5.92 Å². The summed E-state index contributed by atoms with van der Waals surface area (Å²) in [6.07, 6.45) is 3.87. The van der Waals surface area contributed by atoms with Crippen molar-refractivity contribution in [2.24, 2.45) is 17.6 Å². The molecule has 0 aromatic heterocycles. The van der Waals surface area contributed by atoms with Crippen molar-refractivity contribution in [2.75, 3.05) is 20.8 Å². The van der Waals surface area contributed by atoms with Gasteiger partial charge in [-0.15, -0.1) is 0 Å². The average Bonchev–Trinajstić information content (AvgIpc) is 2.53. The van der Waals surface area contributed by atoms with E-state index in [1.807, 2.05) is 6.07 Å². The first-order valence-corrected chi connectivity index (χ1v) is 7.16. The van der Waals surface area contributed by atoms with Crippen molar-refractivity contribution in [1.29, 1.82) is 0 Å². The van der Waals surface area contributed by atoms with Crippen LogP contribution < -0.4 is 15.2 Å². The second-order valence-electron chi connectivity index (χ2n) is 5.36. The maximum atomic E-state index is 12.8. The standard InChI is InChI=1S/C16H23NO3/c1-19-13-4-3-5-14(20-2)15(13)16(18)12-8-6-11(10-17)7-9-12/h3-5,11-12H,6-10,17H2,1-2H3. The minimum absolute atomic E-state index is 0.0583. The zero-order chi connectivity index (χ0) is 14.5. The van der Waals surface area contributed by atoms with Crippen LogP contribution in [0.25, 0.3) is 0 Å². The lowest BCUT2D eigenvalue weighted by atomic mass is 9.78. The van der Waals surface area contributed by atoms with Gasteiger partial charge in [0.05, 0.1) is 14.2 Å². The molecule has 110 valence electrons. The van der Waals surface area contributed by atoms with Crippen LogP contribution in [0.3, 0.4) is 0 Å². The second-order valence-corrected chi connectivity index (χ2v) is 5.36. The molecule has 1 aliphatic rings. The second kappa shape index (κ2) is 6.75. The summed E-state index contributed by atoms with van der Waals surface area (Å²) in [6, 6.07) is 5.45. The highest BCUT2D eigenvalue weighted by atomic mass is 16.5. The van der Waals surface area contributed by atoms with Gasteiger partial charge in [-0.3, -0.25) is 4.79 Å². The van der Waals surface area contributed by atoms with Crippen molar-refractivity contribution >= 4 is 5.78 Å². The minimum atomic E-state index is 0.0583. The number of ether oxygens (including phenoxy) is 2. The lowest BCUT2D eigenvalue weighted by molar-refractivity contribution is 0.0867. The zero-order valence-electron chi connectivity index (χ0n) is 12.2. The zero-order valence-corrected chi connectivity index (χ0v) is 12.2. The van der Waals surface area contributed by atoms with E-state index in [1.165, 1.54) is 0 Å². The summed E-state index contributed by atoms with van der Waals surface area (Å²) in [5, 5.41) is 0. The first kappa shape index (κ1) is 14.9. The fourth-order valence-corrected chi connectivity index (χ4v) is 2.96. The number of carbonyl (C=O) groups excluding carboxylic acids is 1. The van der Waals surface area contributed by atoms with Crippen molar-refractivity contribution in [2.45, 2.75) is 25.7 Å². The minimum Gasteiger partial charge on any atom is -0.496 e. The number of nitrogens with two attached hydrogens (primary N) is 1. The largest absolute Gasteiger partial charge is 0.496 e. The van der Waals surface area contributed by atoms with Crippen molar-refractivity contribution < 1.29 is 14.3 Å². The average molecular weight is 277 g/mol. The molecular weight excluding hydrogens is 254 g/mol. The van der Waals surface area contributed by atoms with Crippen LogP contribution in [-0.2, 0) is 0 Å². The molecule has 2 N–H and O–H groups in total. The van der Waals surface area contributed by atoms with Gasteiger partial charge in [-0.05, 0) is 50.3 Å². The van der Waals surface area contributed by atoms with E-state index in [1.54, 1.807) is 26.4 Å². The predicted octanol–water partition coefficient (Wildman–Crippen LogP) is 2.65. The van der Waals surface area contributed by atoms with Gasteiger partial charge < -0.3 is 15.2 Å². The molecule has 20 heavy (non-hydrogen) atoms. The van der Waals surface area contributed by atoms with E-state index < -0.39 is 0 Å². The molecule has 4 nitrogen and oxygen atoms in total. The molecule has 0 atom stereocenters. The molecule has 1 aromatic carbocycles. The summed E-state index contributed by atoms with van der Waals surface area (Å²) in [6.45, 7) is 0.721. The molecule has 0 aliphatic heterocycles. The van der Waals surface area contributed by atoms with Gasteiger partial charge in [0.25, 0.3) is 0 Å². The highest BCUT2D eigenvalue weighted by molar-refractivity contribution is 6.02. The molecule has 1 saturated carbocycles. The number of benzene rings is 1. The van der Waals surface area contributed by atoms with E-state index in [0.717, 1.165) is 32.2 Å². The first-order chi connectivity index (χ1) is 9.71. The van der Waals surface area contributed by atoms with Crippen molar-refractivity contribution in [3.63, 3.8) is 0 Å². The molecule has 1 aliphatic carbocycles. The van der Waals surface area contributed by atoms with E-state index in [9.17, 15) is 4.79 Å². The van der Waals surface area contributed by atoms with Gasteiger partial charge in [0.1, 0.15) is 17.1 Å². The van der Waals surface area contributed by atoms with Crippen molar-refractivity contribution in [3.05, 3.63) is 23.8 Å². The number of hydrogen-bond donors (Lipinski definition) is 1. The smallest absolute Gasteiger partial charge is 0.173 e. The van der Waals surface area contributed by atoms with Crippen molar-refractivity contribution in [1.82, 2.24) is 0 Å². The number of Topliss-reactive ketones (excluding diaryl/α,β-unsaturated/α-hetero) is 1. The van der Waals surface area contributed by atoms with Gasteiger partial charge in [-0.25, -0.2) is 0 Å². The Kier molecular flexibility index (Phi) is 5.01. The normalized spacial score (nSPS) is 22.4. The third-order valence-electron chi connectivity index (χ3n) is 4.23. The summed E-state index contributed by atoms with van der Waals surface area (Å²) in [5.74, 6) is 1.95. The molecule has 2 rings (SSSR count). The molecule has 4 heteroatoms. The Hall–Kier alpha value is -1.55. The van der Waals surface area contributed by atoms with Crippen LogP contribution in [0.2, 0.25) is 0 Å². The lowest BCUT2D eigenvalue weighted by Crippen LogP contribution is -2.26. The fourth-order valence-electron chi connectivity index (χ4n) is 2.96. The quantitative estimate of drug-likeness (QED) is 0.840. The maximum Gasteiger partial charge on any atom is 0.173 e. The number of methoxy groups -OCH3 is 2. The van der Waals surface area contributed by atoms with Gasteiger partial charge in [0.15, 0.2) is 5.78 Å². The van der Waals surface area contributed by atoms with Gasteiger partial charge in [-0.1, -0.05) is 6.07 Å². The van der Waals surface area contributed by atoms with Crippen LogP contribution >= 0.6 is 0 Å². The monoisotopic (exact) mass is 277 g/mol. The van der Waals surface area contributed by atoms with Crippen LogP contribution in [0, 0.1) is 11.8 Å². The van der Waals surface area contributed by atoms with Gasteiger partial charge >= 0.3 is 0 Å². The van der Waals surface area contributed by atoms with Gasteiger partial charge in [-0.2, -0.15) is 0 Å². The number of hydrogen-bond acceptors (Lipinski definition) is 4. The van der Waals surface area contributed by atoms with Gasteiger partial charge in [0.2, 0.25) is 0 Å². The topological polar surface area (TPSA) is 61.5 Å². The first-order valence-electron chi connectivity index (χ1n) is 7.16. The molecule has 0 saturated heterocycles. The molecule has 0 amide bonds. The van der Waals surface area contributed by atoms with E-state index in [-0.39, 0.29) is 11.7 Å². The summed E-state index contributed by atoms with van der Waals surface area (Å²) in [5.41, 5.74) is 6.28. The van der Waals surface area contributed by atoms with Crippen LogP contribution in [-0.4, -0.2) is 26.5 Å². The maximum absolute atomic E-state index is 12.8. The molecular formula is C16H23NO3. The van der Waals surface area contributed by atoms with E-state index in [4.69, 9.17) is 15.2 Å². The predicted molar refractivity (Wildman–Crippen MR) is 78.4 cm³/mol. The molecule has 0 spiro atoms. The van der Waals surface area contributed by atoms with Crippen molar-refractivity contribution in [3.8, 4) is 11.5 Å². The number of ketones is 1. The third kappa shape index (κ3) is 2.96. The third-order valence-corrected chi connectivity index (χ3v) is 4.23. The van der Waals surface area contributed by atoms with Crippen LogP contribution in [0.15, 0.2) is 18.2 Å². The van der Waals surface area contributed by atoms with Crippen LogP contribution in [0.4, 0.5) is 0 Å². The Labute approximate surface area is 120 Å². The van der Waals surface area contributed by atoms with E-state index >= 15 is 0 Å². The Balaban J connectivity index is 2.21. The Bertz CT molecular complexity index is 443. The van der Waals surface area contributed by atoms with E-state index in [0.29, 0.717) is 23.0 Å². The Morgan fingerprint density at radius 1 is 1.15 bits per heavy atom. The Morgan fingerprint density at radius 2 is 1.70 bits per heavy atom. The Morgan fingerprint density at radius 3 is 2.15 bits per heavy atom. The fraction of sp³-hybridized carbons (Fsp3) is 0.562.